The predicted molar refractivity (Wildman–Crippen MR) is 226 cm³/mol. The molecule has 1 saturated heterocycles. The van der Waals surface area contributed by atoms with E-state index < -0.39 is 67.7 Å². The average Bonchev–Trinajstić information content (AvgIpc) is 4.05. The lowest BCUT2D eigenvalue weighted by Crippen LogP contribution is -2.60. The normalized spacial score (nSPS) is 28.8. The first-order valence-electron chi connectivity index (χ1n) is 21.3. The zero-order chi connectivity index (χ0) is 42.7. The number of carbonyl (C=O) groups is 4. The Kier molecular flexibility index (Phi) is 11.4. The Morgan fingerprint density at radius 3 is 2.29 bits per heavy atom. The van der Waals surface area contributed by atoms with E-state index in [2.05, 4.69) is 64.4 Å². The molecule has 0 spiro atoms. The van der Waals surface area contributed by atoms with Crippen molar-refractivity contribution < 1.29 is 37.1 Å². The Hall–Kier alpha value is -4.17. The van der Waals surface area contributed by atoms with E-state index in [1.54, 1.807) is 7.11 Å². The average molecular weight is 834 g/mol. The molecule has 0 unspecified atom stereocenters. The number of anilines is 1. The van der Waals surface area contributed by atoms with Crippen molar-refractivity contribution in [2.45, 2.75) is 127 Å². The van der Waals surface area contributed by atoms with Gasteiger partial charge in [-0.3, -0.25) is 19.1 Å². The van der Waals surface area contributed by atoms with Gasteiger partial charge in [0, 0.05) is 33.3 Å². The SMILES string of the molecule is CO[C@@]12C[C@@H](C(=O)N[C@]3(C(=O)NS(=O)(=O)C4CC4)C[C@H]3C3CC3)N(C1)C(=O)[C@H](C(C)(C)C)NC(=O)OCC(C)(C)CCCCc1cc(N(C)C)ccc1-c1ccc2cc1. The number of fused-ring (bicyclic) bond motifs is 12. The summed E-state index contributed by atoms with van der Waals surface area (Å²) in [6.07, 6.45) is 6.01. The monoisotopic (exact) mass is 833 g/mol. The number of amides is 4. The van der Waals surface area contributed by atoms with Crippen molar-refractivity contribution in [1.82, 2.24) is 20.3 Å². The van der Waals surface area contributed by atoms with Crippen molar-refractivity contribution in [3.63, 3.8) is 0 Å². The van der Waals surface area contributed by atoms with Crippen molar-refractivity contribution in [3.8, 4) is 11.1 Å². The quantitative estimate of drug-likeness (QED) is 0.305. The van der Waals surface area contributed by atoms with Crippen molar-refractivity contribution in [3.05, 3.63) is 53.6 Å². The van der Waals surface area contributed by atoms with E-state index in [-0.39, 0.29) is 36.8 Å². The smallest absolute Gasteiger partial charge is 0.407 e. The lowest BCUT2D eigenvalue weighted by molar-refractivity contribution is -0.143. The van der Waals surface area contributed by atoms with Crippen LogP contribution in [0.3, 0.4) is 0 Å². The molecule has 8 rings (SSSR count). The fourth-order valence-electron chi connectivity index (χ4n) is 9.14. The molecule has 0 radical (unpaired) electrons. The third-order valence-electron chi connectivity index (χ3n) is 13.3. The standard InChI is InChI=1S/C45H63N5O8S/c1-42(2,3)37-39(52)50-26-44(57-8,25-36(50)38(51)47-45(24-35(45)29-12-13-29)40(53)48-59(55,56)33-19-20-33)31-16-14-28(15-17-31)34-21-18-32(49(6)7)23-30(34)11-9-10-22-43(4,5)27-58-41(54)46-37/h14-18,21,23,29,33,35-37H,9-13,19-20,22,24-27H2,1-8H3,(H,46,54)(H,47,51)(H,48,53)/t35-,36-,37+,44-,45+/m0/s1. The van der Waals surface area contributed by atoms with Crippen LogP contribution in [-0.4, -0.2) is 94.4 Å². The molecule has 14 heteroatoms. The maximum atomic E-state index is 15.0. The van der Waals surface area contributed by atoms with Gasteiger partial charge in [0.2, 0.25) is 21.8 Å². The zero-order valence-corrected chi connectivity index (χ0v) is 36.8. The highest BCUT2D eigenvalue weighted by Crippen LogP contribution is 2.57. The molecule has 59 heavy (non-hydrogen) atoms. The van der Waals surface area contributed by atoms with Crippen molar-refractivity contribution in [2.75, 3.05) is 39.3 Å². The van der Waals surface area contributed by atoms with Crippen molar-refractivity contribution in [2.24, 2.45) is 22.7 Å². The summed E-state index contributed by atoms with van der Waals surface area (Å²) in [5, 5.41) is 5.25. The Morgan fingerprint density at radius 2 is 1.68 bits per heavy atom. The van der Waals surface area contributed by atoms with Gasteiger partial charge >= 0.3 is 6.09 Å². The number of nitrogens with zero attached hydrogens (tertiary/aromatic N) is 2. The lowest BCUT2D eigenvalue weighted by Gasteiger charge is -2.36. The van der Waals surface area contributed by atoms with E-state index in [9.17, 15) is 27.6 Å². The van der Waals surface area contributed by atoms with Gasteiger partial charge in [0.15, 0.2) is 0 Å². The minimum absolute atomic E-state index is 0.0137. The summed E-state index contributed by atoms with van der Waals surface area (Å²) in [6.45, 7) is 9.80. The summed E-state index contributed by atoms with van der Waals surface area (Å²) in [6, 6.07) is 12.4. The number of nitrogens with one attached hydrogen (secondary N) is 3. The van der Waals surface area contributed by atoms with Crippen LogP contribution in [0.4, 0.5) is 10.5 Å². The highest BCUT2D eigenvalue weighted by atomic mass is 32.2. The largest absolute Gasteiger partial charge is 0.449 e. The first-order valence-corrected chi connectivity index (χ1v) is 22.8. The van der Waals surface area contributed by atoms with Crippen molar-refractivity contribution >= 4 is 39.5 Å². The van der Waals surface area contributed by atoms with Gasteiger partial charge in [0.05, 0.1) is 18.4 Å². The second-order valence-electron chi connectivity index (χ2n) is 19.9. The highest BCUT2D eigenvalue weighted by molar-refractivity contribution is 7.91. The third-order valence-corrected chi connectivity index (χ3v) is 15.1. The Labute approximate surface area is 349 Å². The number of hydrogen-bond acceptors (Lipinski definition) is 9. The molecular formula is C45H63N5O8S. The summed E-state index contributed by atoms with van der Waals surface area (Å²) in [5.41, 5.74) is 1.61. The van der Waals surface area contributed by atoms with E-state index >= 15 is 0 Å². The predicted octanol–water partition coefficient (Wildman–Crippen LogP) is 5.65. The zero-order valence-electron chi connectivity index (χ0n) is 36.0. The maximum Gasteiger partial charge on any atom is 0.407 e. The highest BCUT2D eigenvalue weighted by Gasteiger charge is 2.67. The molecule has 0 aromatic heterocycles. The molecule has 4 fully saturated rings. The Bertz CT molecular complexity index is 2070. The topological polar surface area (TPSA) is 163 Å². The molecule has 3 aliphatic heterocycles. The van der Waals surface area contributed by atoms with Gasteiger partial charge < -0.3 is 29.9 Å². The number of benzene rings is 2. The molecule has 3 saturated carbocycles. The van der Waals surface area contributed by atoms with Crippen LogP contribution in [0.25, 0.3) is 11.1 Å². The molecule has 6 aliphatic rings. The molecule has 3 aliphatic carbocycles. The Balaban J connectivity index is 1.27. The number of ether oxygens (including phenoxy) is 2. The van der Waals surface area contributed by atoms with Crippen LogP contribution >= 0.6 is 0 Å². The van der Waals surface area contributed by atoms with Crippen LogP contribution in [0, 0.1) is 22.7 Å². The number of sulfonamides is 1. The maximum absolute atomic E-state index is 15.0. The lowest BCUT2D eigenvalue weighted by atomic mass is 9.85. The van der Waals surface area contributed by atoms with Gasteiger partial charge in [-0.15, -0.1) is 0 Å². The number of rotatable bonds is 8. The minimum Gasteiger partial charge on any atom is -0.449 e. The molecule has 13 nitrogen and oxygen atoms in total. The molecule has 2 aromatic rings. The van der Waals surface area contributed by atoms with Crippen LogP contribution in [0.5, 0.6) is 0 Å². The van der Waals surface area contributed by atoms with E-state index in [1.165, 1.54) is 10.5 Å². The van der Waals surface area contributed by atoms with Gasteiger partial charge in [-0.1, -0.05) is 71.4 Å². The number of hydrogen-bond donors (Lipinski definition) is 3. The summed E-state index contributed by atoms with van der Waals surface area (Å²) < 4.78 is 40.3. The van der Waals surface area contributed by atoms with E-state index in [4.69, 9.17) is 9.47 Å². The molecule has 3 heterocycles. The minimum atomic E-state index is -3.87. The summed E-state index contributed by atoms with van der Waals surface area (Å²) in [7, 11) is 1.75. The molecule has 4 bridgehead atoms. The van der Waals surface area contributed by atoms with Gasteiger partial charge in [-0.2, -0.15) is 0 Å². The van der Waals surface area contributed by atoms with Crippen LogP contribution in [0.1, 0.15) is 104 Å². The summed E-state index contributed by atoms with van der Waals surface area (Å²) in [4.78, 5) is 60.7. The first-order chi connectivity index (χ1) is 27.7. The fourth-order valence-corrected chi connectivity index (χ4v) is 10.5. The first kappa shape index (κ1) is 42.9. The molecule has 4 amide bonds. The van der Waals surface area contributed by atoms with Gasteiger partial charge in [-0.05, 0) is 108 Å². The van der Waals surface area contributed by atoms with Crippen molar-refractivity contribution in [1.29, 1.82) is 0 Å². The van der Waals surface area contributed by atoms with Crippen LogP contribution < -0.4 is 20.3 Å². The van der Waals surface area contributed by atoms with Gasteiger partial charge in [-0.25, -0.2) is 13.2 Å². The summed E-state index contributed by atoms with van der Waals surface area (Å²) in [5.74, 6) is -1.79. The molecule has 2 aromatic carbocycles. The second kappa shape index (κ2) is 15.7. The van der Waals surface area contributed by atoms with E-state index in [0.717, 1.165) is 60.9 Å². The van der Waals surface area contributed by atoms with Crippen LogP contribution in [0.15, 0.2) is 42.5 Å². The second-order valence-corrected chi connectivity index (χ2v) is 21.8. The number of carbonyl (C=O) groups excluding carboxylic acids is 4. The molecule has 322 valence electrons. The Morgan fingerprint density at radius 1 is 0.983 bits per heavy atom. The molecule has 5 atom stereocenters. The molecule has 3 N–H and O–H groups in total. The fraction of sp³-hybridized carbons (Fsp3) is 0.644. The molecular weight excluding hydrogens is 771 g/mol. The van der Waals surface area contributed by atoms with Crippen LogP contribution in [0.2, 0.25) is 0 Å². The van der Waals surface area contributed by atoms with Crippen LogP contribution in [-0.2, 0) is 45.9 Å². The van der Waals surface area contributed by atoms with Gasteiger partial charge in [0.1, 0.15) is 23.2 Å². The van der Waals surface area contributed by atoms with E-state index in [1.807, 2.05) is 47.0 Å². The summed E-state index contributed by atoms with van der Waals surface area (Å²) >= 11 is 0. The number of methoxy groups -OCH3 is 1. The third kappa shape index (κ3) is 8.99. The number of alkyl carbamates (subject to hydrolysis) is 1. The van der Waals surface area contributed by atoms with E-state index in [0.29, 0.717) is 19.3 Å². The number of aryl methyl sites for hydroxylation is 1. The van der Waals surface area contributed by atoms with Gasteiger partial charge in [0.25, 0.3) is 5.91 Å².